The van der Waals surface area contributed by atoms with E-state index in [4.69, 9.17) is 9.47 Å². The van der Waals surface area contributed by atoms with Crippen molar-refractivity contribution >= 4 is 28.6 Å². The van der Waals surface area contributed by atoms with Crippen molar-refractivity contribution in [1.29, 1.82) is 0 Å². The molecule has 2 N–H and O–H groups in total. The summed E-state index contributed by atoms with van der Waals surface area (Å²) in [6, 6.07) is 13.5. The Balaban J connectivity index is 1.61. The molecule has 0 saturated heterocycles. The molecule has 0 bridgehead atoms. The van der Waals surface area contributed by atoms with Crippen LogP contribution in [0.4, 0.5) is 0 Å². The summed E-state index contributed by atoms with van der Waals surface area (Å²) in [6.07, 6.45) is 2.53. The molecule has 3 rings (SSSR count). The Bertz CT molecular complexity index is 1040. The average molecular weight is 408 g/mol. The standard InChI is InChI=1S/C23H24N2O5/c1-3-21(26)15-8-10-17(11-9-15)30-14-22(27)25-20(23(28)29-2)12-16-13-24-19-7-5-4-6-18(16)19/h4-11,13,20,24H,3,12,14H2,1-2H3,(H,25,27)/t20-/m0/s1. The Labute approximate surface area is 174 Å². The molecule has 3 aromatic rings. The van der Waals surface area contributed by atoms with E-state index in [9.17, 15) is 14.4 Å². The summed E-state index contributed by atoms with van der Waals surface area (Å²) in [5, 5.41) is 3.66. The highest BCUT2D eigenvalue weighted by atomic mass is 16.5. The van der Waals surface area contributed by atoms with Crippen molar-refractivity contribution in [3.8, 4) is 5.75 Å². The molecule has 2 aromatic carbocycles. The summed E-state index contributed by atoms with van der Waals surface area (Å²) in [5.41, 5.74) is 2.45. The van der Waals surface area contributed by atoms with Gasteiger partial charge in [0.1, 0.15) is 11.8 Å². The number of para-hydroxylation sites is 1. The number of aromatic amines is 1. The Kier molecular flexibility index (Phi) is 6.85. The van der Waals surface area contributed by atoms with Gasteiger partial charge in [0, 0.05) is 35.5 Å². The van der Waals surface area contributed by atoms with Crippen LogP contribution in [-0.4, -0.2) is 42.4 Å². The summed E-state index contributed by atoms with van der Waals surface area (Å²) in [4.78, 5) is 39.4. The molecule has 0 aliphatic rings. The van der Waals surface area contributed by atoms with E-state index in [1.54, 1.807) is 31.2 Å². The Morgan fingerprint density at radius 3 is 2.50 bits per heavy atom. The summed E-state index contributed by atoms with van der Waals surface area (Å²) in [7, 11) is 1.28. The number of benzene rings is 2. The van der Waals surface area contributed by atoms with Crippen LogP contribution >= 0.6 is 0 Å². The molecule has 0 spiro atoms. The summed E-state index contributed by atoms with van der Waals surface area (Å²) >= 11 is 0. The maximum absolute atomic E-state index is 12.4. The number of hydrogen-bond donors (Lipinski definition) is 2. The van der Waals surface area contributed by atoms with Gasteiger partial charge in [-0.25, -0.2) is 4.79 Å². The van der Waals surface area contributed by atoms with Crippen LogP contribution in [-0.2, 0) is 20.7 Å². The third-order valence-electron chi connectivity index (χ3n) is 4.79. The summed E-state index contributed by atoms with van der Waals surface area (Å²) < 4.78 is 10.3. The minimum atomic E-state index is -0.838. The second-order valence-electron chi connectivity index (χ2n) is 6.80. The highest BCUT2D eigenvalue weighted by molar-refractivity contribution is 5.96. The van der Waals surface area contributed by atoms with Crippen LogP contribution in [0.25, 0.3) is 10.9 Å². The van der Waals surface area contributed by atoms with Crippen molar-refractivity contribution in [3.05, 3.63) is 65.9 Å². The van der Waals surface area contributed by atoms with Crippen molar-refractivity contribution in [2.75, 3.05) is 13.7 Å². The number of Topliss-reactive ketones (excluding diaryl/α,β-unsaturated/α-hetero) is 1. The number of nitrogens with one attached hydrogen (secondary N) is 2. The molecule has 1 heterocycles. The van der Waals surface area contributed by atoms with Crippen LogP contribution in [0.1, 0.15) is 29.3 Å². The number of rotatable bonds is 9. The van der Waals surface area contributed by atoms with E-state index in [0.29, 0.717) is 17.7 Å². The number of carbonyl (C=O) groups is 3. The molecule has 7 heteroatoms. The highest BCUT2D eigenvalue weighted by Gasteiger charge is 2.23. The number of esters is 1. The van der Waals surface area contributed by atoms with Gasteiger partial charge in [-0.15, -0.1) is 0 Å². The average Bonchev–Trinajstić information content (AvgIpc) is 3.19. The van der Waals surface area contributed by atoms with Gasteiger partial charge in [-0.2, -0.15) is 0 Å². The number of methoxy groups -OCH3 is 1. The second kappa shape index (κ2) is 9.73. The topological polar surface area (TPSA) is 97.5 Å². The van der Waals surface area contributed by atoms with Crippen LogP contribution < -0.4 is 10.1 Å². The lowest BCUT2D eigenvalue weighted by atomic mass is 10.0. The number of fused-ring (bicyclic) bond motifs is 1. The van der Waals surface area contributed by atoms with E-state index >= 15 is 0 Å². The molecular formula is C23H24N2O5. The Morgan fingerprint density at radius 2 is 1.80 bits per heavy atom. The number of hydrogen-bond acceptors (Lipinski definition) is 5. The molecule has 0 aliphatic heterocycles. The van der Waals surface area contributed by atoms with Gasteiger partial charge in [0.2, 0.25) is 0 Å². The number of H-pyrrole nitrogens is 1. The van der Waals surface area contributed by atoms with E-state index in [-0.39, 0.29) is 18.8 Å². The van der Waals surface area contributed by atoms with Gasteiger partial charge >= 0.3 is 5.97 Å². The van der Waals surface area contributed by atoms with Crippen LogP contribution in [0.2, 0.25) is 0 Å². The molecule has 0 fully saturated rings. The lowest BCUT2D eigenvalue weighted by molar-refractivity contribution is -0.145. The monoisotopic (exact) mass is 408 g/mol. The molecule has 1 aromatic heterocycles. The van der Waals surface area contributed by atoms with E-state index < -0.39 is 17.9 Å². The van der Waals surface area contributed by atoms with Gasteiger partial charge in [-0.3, -0.25) is 9.59 Å². The predicted octanol–water partition coefficient (Wildman–Crippen LogP) is 3.04. The molecule has 1 amide bonds. The van der Waals surface area contributed by atoms with Crippen molar-refractivity contribution < 1.29 is 23.9 Å². The van der Waals surface area contributed by atoms with Gasteiger partial charge in [-0.05, 0) is 35.9 Å². The van der Waals surface area contributed by atoms with Crippen LogP contribution in [0.15, 0.2) is 54.7 Å². The predicted molar refractivity (Wildman–Crippen MR) is 113 cm³/mol. The first-order valence-electron chi connectivity index (χ1n) is 9.70. The first-order chi connectivity index (χ1) is 14.5. The fourth-order valence-corrected chi connectivity index (χ4v) is 3.18. The first-order valence-corrected chi connectivity index (χ1v) is 9.70. The molecule has 0 unspecified atom stereocenters. The Morgan fingerprint density at radius 1 is 1.07 bits per heavy atom. The van der Waals surface area contributed by atoms with Crippen LogP contribution in [0.5, 0.6) is 5.75 Å². The first kappa shape index (κ1) is 21.1. The van der Waals surface area contributed by atoms with E-state index in [1.165, 1.54) is 7.11 Å². The van der Waals surface area contributed by atoms with Gasteiger partial charge < -0.3 is 19.8 Å². The van der Waals surface area contributed by atoms with E-state index in [1.807, 2.05) is 30.5 Å². The summed E-state index contributed by atoms with van der Waals surface area (Å²) in [5.74, 6) is -0.475. The van der Waals surface area contributed by atoms with Crippen LogP contribution in [0, 0.1) is 0 Å². The molecule has 0 aliphatic carbocycles. The minimum Gasteiger partial charge on any atom is -0.484 e. The second-order valence-corrected chi connectivity index (χ2v) is 6.80. The van der Waals surface area contributed by atoms with Crippen molar-refractivity contribution in [2.24, 2.45) is 0 Å². The molecule has 0 saturated carbocycles. The number of ether oxygens (including phenoxy) is 2. The van der Waals surface area contributed by atoms with Gasteiger partial charge in [0.25, 0.3) is 5.91 Å². The SMILES string of the molecule is CCC(=O)c1ccc(OCC(=O)N[C@@H](Cc2c[nH]c3ccccc23)C(=O)OC)cc1. The zero-order chi connectivity index (χ0) is 21.5. The smallest absolute Gasteiger partial charge is 0.328 e. The number of ketones is 1. The molecule has 0 radical (unpaired) electrons. The summed E-state index contributed by atoms with van der Waals surface area (Å²) in [6.45, 7) is 1.54. The minimum absolute atomic E-state index is 0.0393. The number of carbonyl (C=O) groups excluding carboxylic acids is 3. The zero-order valence-corrected chi connectivity index (χ0v) is 16.9. The normalized spacial score (nSPS) is 11.7. The van der Waals surface area contributed by atoms with Gasteiger partial charge in [0.15, 0.2) is 12.4 Å². The molecule has 1 atom stereocenters. The fourth-order valence-electron chi connectivity index (χ4n) is 3.18. The maximum atomic E-state index is 12.4. The molecular weight excluding hydrogens is 384 g/mol. The highest BCUT2D eigenvalue weighted by Crippen LogP contribution is 2.19. The van der Waals surface area contributed by atoms with Crippen LogP contribution in [0.3, 0.4) is 0 Å². The van der Waals surface area contributed by atoms with E-state index in [0.717, 1.165) is 16.5 Å². The lowest BCUT2D eigenvalue weighted by Gasteiger charge is -2.16. The lowest BCUT2D eigenvalue weighted by Crippen LogP contribution is -2.44. The number of amides is 1. The van der Waals surface area contributed by atoms with Crippen molar-refractivity contribution in [3.63, 3.8) is 0 Å². The molecule has 7 nitrogen and oxygen atoms in total. The van der Waals surface area contributed by atoms with Gasteiger partial charge in [0.05, 0.1) is 7.11 Å². The third kappa shape index (κ3) is 5.05. The largest absolute Gasteiger partial charge is 0.484 e. The quantitative estimate of drug-likeness (QED) is 0.419. The maximum Gasteiger partial charge on any atom is 0.328 e. The number of aromatic nitrogens is 1. The third-order valence-corrected chi connectivity index (χ3v) is 4.79. The zero-order valence-electron chi connectivity index (χ0n) is 16.9. The Hall–Kier alpha value is -3.61. The van der Waals surface area contributed by atoms with Crippen molar-refractivity contribution in [2.45, 2.75) is 25.8 Å². The van der Waals surface area contributed by atoms with Gasteiger partial charge in [-0.1, -0.05) is 25.1 Å². The fraction of sp³-hybridized carbons (Fsp3) is 0.261. The molecule has 30 heavy (non-hydrogen) atoms. The van der Waals surface area contributed by atoms with E-state index in [2.05, 4.69) is 10.3 Å². The molecule has 156 valence electrons. The van der Waals surface area contributed by atoms with Crippen molar-refractivity contribution in [1.82, 2.24) is 10.3 Å².